The van der Waals surface area contributed by atoms with E-state index in [1.54, 1.807) is 0 Å². The fourth-order valence-electron chi connectivity index (χ4n) is 3.01. The van der Waals surface area contributed by atoms with Gasteiger partial charge in [0, 0.05) is 0 Å². The Morgan fingerprint density at radius 2 is 0.917 bits per heavy atom. The van der Waals surface area contributed by atoms with Crippen molar-refractivity contribution in [2.75, 3.05) is 6.61 Å². The Bertz CT molecular complexity index is 291. The van der Waals surface area contributed by atoms with Gasteiger partial charge in [0.15, 0.2) is 0 Å². The Balaban J connectivity index is 3.02. The zero-order valence-corrected chi connectivity index (χ0v) is 16.7. The van der Waals surface area contributed by atoms with Gasteiger partial charge in [-0.15, -0.1) is 4.89 Å². The van der Waals surface area contributed by atoms with Gasteiger partial charge in [-0.2, -0.15) is 0 Å². The molecule has 4 nitrogen and oxygen atoms in total. The van der Waals surface area contributed by atoms with E-state index in [1.165, 1.54) is 89.9 Å². The summed E-state index contributed by atoms with van der Waals surface area (Å²) < 4.78 is 14.7. The third-order valence-electron chi connectivity index (χ3n) is 4.50. The molecular formula is C19H40O4P. The minimum atomic E-state index is -4.51. The minimum absolute atomic E-state index is 0.107. The summed E-state index contributed by atoms with van der Waals surface area (Å²) in [4.78, 5) is 18.8. The van der Waals surface area contributed by atoms with Gasteiger partial charge in [-0.25, -0.2) is 4.57 Å². The highest BCUT2D eigenvalue weighted by molar-refractivity contribution is 7.46. The lowest BCUT2D eigenvalue weighted by Crippen LogP contribution is -1.91. The highest BCUT2D eigenvalue weighted by Crippen LogP contribution is 2.37. The average molecular weight is 363 g/mol. The lowest BCUT2D eigenvalue weighted by Gasteiger charge is -2.04. The smallest absolute Gasteiger partial charge is 0.301 e. The number of hydrogen-bond donors (Lipinski definition) is 1. The van der Waals surface area contributed by atoms with Crippen LogP contribution in [-0.2, 0) is 14.0 Å². The second kappa shape index (κ2) is 17.9. The molecule has 0 aromatic carbocycles. The summed E-state index contributed by atoms with van der Waals surface area (Å²) in [5.74, 6) is 0. The lowest BCUT2D eigenvalue weighted by molar-refractivity contribution is 0.168. The molecule has 0 aliphatic heterocycles. The van der Waals surface area contributed by atoms with Gasteiger partial charge in [0.05, 0.1) is 6.61 Å². The summed E-state index contributed by atoms with van der Waals surface area (Å²) in [6.07, 6.45) is 22.0. The van der Waals surface area contributed by atoms with E-state index in [4.69, 9.17) is 4.89 Å². The summed E-state index contributed by atoms with van der Waals surface area (Å²) in [5, 5.41) is 0. The number of hydrogen-bond acceptors (Lipinski definition) is 2. The van der Waals surface area contributed by atoms with Crippen molar-refractivity contribution in [3.05, 3.63) is 0 Å². The molecule has 1 unspecified atom stereocenters. The average Bonchev–Trinajstić information content (AvgIpc) is 2.52. The molecular weight excluding hydrogens is 323 g/mol. The standard InChI is InChI=1S/C19H40O4P/c1-2-3-4-5-6-7-8-9-10-11-12-13-14-15-16-17-18-19-23-24(20,21)22/h2-19H2,1H3,(H,20,21). The summed E-state index contributed by atoms with van der Waals surface area (Å²) in [6, 6.07) is 0. The van der Waals surface area contributed by atoms with Crippen LogP contribution in [0.25, 0.3) is 0 Å². The molecule has 0 aromatic rings. The van der Waals surface area contributed by atoms with Crippen molar-refractivity contribution in [3.8, 4) is 0 Å². The maximum atomic E-state index is 10.4. The first kappa shape index (κ1) is 24.1. The molecule has 0 rings (SSSR count). The highest BCUT2D eigenvalue weighted by atomic mass is 31.2. The summed E-state index contributed by atoms with van der Waals surface area (Å²) in [5.41, 5.74) is 0. The fourth-order valence-corrected chi connectivity index (χ4v) is 3.37. The van der Waals surface area contributed by atoms with Gasteiger partial charge in [-0.1, -0.05) is 110 Å². The highest BCUT2D eigenvalue weighted by Gasteiger charge is 2.15. The molecule has 1 radical (unpaired) electrons. The molecule has 0 aliphatic rings. The Kier molecular flexibility index (Phi) is 18.0. The predicted octanol–water partition coefficient (Wildman–Crippen LogP) is 7.19. The Labute approximate surface area is 150 Å². The van der Waals surface area contributed by atoms with Crippen molar-refractivity contribution in [1.82, 2.24) is 0 Å². The maximum Gasteiger partial charge on any atom is 0.499 e. The van der Waals surface area contributed by atoms with E-state index in [1.807, 2.05) is 0 Å². The zero-order chi connectivity index (χ0) is 17.9. The van der Waals surface area contributed by atoms with Crippen molar-refractivity contribution in [3.63, 3.8) is 0 Å². The second-order valence-electron chi connectivity index (χ2n) is 6.96. The molecule has 1 N–H and O–H groups in total. The number of unbranched alkanes of at least 4 members (excludes halogenated alkanes) is 16. The first-order chi connectivity index (χ1) is 11.6. The largest absolute Gasteiger partial charge is 0.499 e. The topological polar surface area (TPSA) is 66.4 Å². The quantitative estimate of drug-likeness (QED) is 0.195. The molecule has 0 amide bonds. The van der Waals surface area contributed by atoms with Gasteiger partial charge < -0.3 is 4.89 Å². The van der Waals surface area contributed by atoms with Crippen LogP contribution in [0, 0.1) is 0 Å². The summed E-state index contributed by atoms with van der Waals surface area (Å²) in [7, 11) is -4.51. The first-order valence-corrected chi connectivity index (χ1v) is 11.7. The monoisotopic (exact) mass is 363 g/mol. The molecule has 1 atom stereocenters. The third-order valence-corrected chi connectivity index (χ3v) is 5.01. The van der Waals surface area contributed by atoms with Crippen molar-refractivity contribution >= 4 is 7.82 Å². The molecule has 0 aliphatic carbocycles. The Morgan fingerprint density at radius 3 is 1.21 bits per heavy atom. The van der Waals surface area contributed by atoms with E-state index >= 15 is 0 Å². The number of rotatable bonds is 19. The molecule has 0 saturated heterocycles. The van der Waals surface area contributed by atoms with Crippen LogP contribution in [0.2, 0.25) is 0 Å². The van der Waals surface area contributed by atoms with Crippen molar-refractivity contribution in [2.45, 2.75) is 116 Å². The molecule has 5 heteroatoms. The SMILES string of the molecule is CCCCCCCCCCCCCCCCCCCOP([O])(=O)O. The molecule has 0 bridgehead atoms. The van der Waals surface area contributed by atoms with Gasteiger partial charge in [0.1, 0.15) is 0 Å². The van der Waals surface area contributed by atoms with Gasteiger partial charge in [-0.05, 0) is 6.42 Å². The van der Waals surface area contributed by atoms with Crippen LogP contribution >= 0.6 is 7.82 Å². The van der Waals surface area contributed by atoms with Crippen LogP contribution in [-0.4, -0.2) is 11.5 Å². The Morgan fingerprint density at radius 1 is 0.625 bits per heavy atom. The van der Waals surface area contributed by atoms with Gasteiger partial charge in [0.25, 0.3) is 0 Å². The van der Waals surface area contributed by atoms with E-state index in [0.29, 0.717) is 6.42 Å². The van der Waals surface area contributed by atoms with E-state index in [9.17, 15) is 9.46 Å². The van der Waals surface area contributed by atoms with Crippen molar-refractivity contribution < 1.29 is 18.9 Å². The van der Waals surface area contributed by atoms with Crippen LogP contribution in [0.4, 0.5) is 0 Å². The molecule has 24 heavy (non-hydrogen) atoms. The molecule has 0 spiro atoms. The van der Waals surface area contributed by atoms with Crippen LogP contribution in [0.3, 0.4) is 0 Å². The normalized spacial score (nSPS) is 12.0. The van der Waals surface area contributed by atoms with Crippen molar-refractivity contribution in [1.29, 1.82) is 0 Å². The fraction of sp³-hybridized carbons (Fsp3) is 1.00. The van der Waals surface area contributed by atoms with E-state index < -0.39 is 7.82 Å². The van der Waals surface area contributed by atoms with E-state index in [2.05, 4.69) is 11.4 Å². The maximum absolute atomic E-state index is 10.4. The molecule has 0 saturated carbocycles. The molecule has 0 aromatic heterocycles. The minimum Gasteiger partial charge on any atom is -0.301 e. The van der Waals surface area contributed by atoms with E-state index in [-0.39, 0.29) is 6.61 Å². The van der Waals surface area contributed by atoms with E-state index in [0.717, 1.165) is 12.8 Å². The molecule has 0 heterocycles. The molecule has 145 valence electrons. The van der Waals surface area contributed by atoms with Gasteiger partial charge in [0.2, 0.25) is 0 Å². The zero-order valence-electron chi connectivity index (χ0n) is 15.8. The van der Waals surface area contributed by atoms with Crippen LogP contribution in [0.1, 0.15) is 116 Å². The van der Waals surface area contributed by atoms with Crippen LogP contribution in [0.15, 0.2) is 0 Å². The summed E-state index contributed by atoms with van der Waals surface area (Å²) >= 11 is 0. The first-order valence-electron chi connectivity index (χ1n) is 10.2. The summed E-state index contributed by atoms with van der Waals surface area (Å²) in [6.45, 7) is 2.37. The predicted molar refractivity (Wildman–Crippen MR) is 101 cm³/mol. The van der Waals surface area contributed by atoms with Crippen LogP contribution in [0.5, 0.6) is 0 Å². The van der Waals surface area contributed by atoms with Gasteiger partial charge >= 0.3 is 7.82 Å². The van der Waals surface area contributed by atoms with Gasteiger partial charge in [-0.3, -0.25) is 4.52 Å². The Hall–Kier alpha value is 0.110. The lowest BCUT2D eigenvalue weighted by atomic mass is 10.0. The second-order valence-corrected chi connectivity index (χ2v) is 8.15. The van der Waals surface area contributed by atoms with Crippen molar-refractivity contribution in [2.24, 2.45) is 0 Å². The third kappa shape index (κ3) is 22.1. The molecule has 0 fully saturated rings. The van der Waals surface area contributed by atoms with Crippen LogP contribution < -0.4 is 0 Å².